The van der Waals surface area contributed by atoms with Crippen molar-refractivity contribution in [2.45, 2.75) is 32.1 Å². The molecule has 3 rings (SSSR count). The molecule has 1 aliphatic heterocycles. The molecule has 1 saturated carbocycles. The average molecular weight is 272 g/mol. The highest BCUT2D eigenvalue weighted by molar-refractivity contribution is 5.98. The summed E-state index contributed by atoms with van der Waals surface area (Å²) >= 11 is 0. The number of hydrogen-bond acceptors (Lipinski definition) is 3. The van der Waals surface area contributed by atoms with Crippen molar-refractivity contribution in [2.75, 3.05) is 11.4 Å². The lowest BCUT2D eigenvalue weighted by Crippen LogP contribution is -2.45. The Morgan fingerprint density at radius 1 is 1.10 bits per heavy atom. The van der Waals surface area contributed by atoms with Gasteiger partial charge in [0.25, 0.3) is 0 Å². The molecule has 1 fully saturated rings. The summed E-state index contributed by atoms with van der Waals surface area (Å²) in [4.78, 5) is 25.7. The molecule has 4 nitrogen and oxygen atoms in total. The van der Waals surface area contributed by atoms with Gasteiger partial charge in [-0.3, -0.25) is 4.79 Å². The molecular weight excluding hydrogens is 254 g/mol. The predicted molar refractivity (Wildman–Crippen MR) is 73.0 cm³/mol. The number of nitrogens with zero attached hydrogens (tertiary/aromatic N) is 1. The van der Waals surface area contributed by atoms with Gasteiger partial charge in [-0.15, -0.1) is 0 Å². The van der Waals surface area contributed by atoms with Gasteiger partial charge in [-0.1, -0.05) is 31.0 Å². The summed E-state index contributed by atoms with van der Waals surface area (Å²) in [7, 11) is 0. The highest BCUT2D eigenvalue weighted by Crippen LogP contribution is 2.35. The van der Waals surface area contributed by atoms with E-state index in [-0.39, 0.29) is 5.91 Å². The minimum Gasteiger partial charge on any atom is -0.550 e. The van der Waals surface area contributed by atoms with Crippen molar-refractivity contribution in [3.63, 3.8) is 0 Å². The fraction of sp³-hybridized carbons (Fsp3) is 0.500. The number of carbonyl (C=O) groups is 2. The Hall–Kier alpha value is -1.84. The number of hydrogen-bond donors (Lipinski definition) is 0. The summed E-state index contributed by atoms with van der Waals surface area (Å²) in [5, 5.41) is 11.2. The van der Waals surface area contributed by atoms with E-state index >= 15 is 0 Å². The van der Waals surface area contributed by atoms with Gasteiger partial charge in [0, 0.05) is 30.0 Å². The zero-order valence-corrected chi connectivity index (χ0v) is 11.4. The SMILES string of the molecule is O=C([O-])[C@@H]1CCCC[C@H]1C(=O)N1CCc2ccccc21. The minimum atomic E-state index is -1.07. The molecule has 1 aliphatic carbocycles. The second kappa shape index (κ2) is 5.27. The second-order valence-electron chi connectivity index (χ2n) is 5.69. The van der Waals surface area contributed by atoms with Crippen molar-refractivity contribution in [3.05, 3.63) is 29.8 Å². The minimum absolute atomic E-state index is 0.0381. The first-order valence-corrected chi connectivity index (χ1v) is 7.28. The highest BCUT2D eigenvalue weighted by Gasteiger charge is 2.36. The third-order valence-corrected chi connectivity index (χ3v) is 4.54. The van der Waals surface area contributed by atoms with Crippen LogP contribution in [0, 0.1) is 11.8 Å². The molecule has 1 aromatic rings. The van der Waals surface area contributed by atoms with E-state index in [9.17, 15) is 14.7 Å². The Morgan fingerprint density at radius 3 is 2.55 bits per heavy atom. The topological polar surface area (TPSA) is 60.4 Å². The molecule has 0 bridgehead atoms. The van der Waals surface area contributed by atoms with Gasteiger partial charge < -0.3 is 14.8 Å². The zero-order chi connectivity index (χ0) is 14.1. The van der Waals surface area contributed by atoms with Gasteiger partial charge in [0.1, 0.15) is 0 Å². The number of rotatable bonds is 2. The summed E-state index contributed by atoms with van der Waals surface area (Å²) in [6.07, 6.45) is 3.88. The van der Waals surface area contributed by atoms with Gasteiger partial charge in [-0.25, -0.2) is 0 Å². The summed E-state index contributed by atoms with van der Waals surface area (Å²) in [6.45, 7) is 0.661. The number of para-hydroxylation sites is 1. The molecule has 1 heterocycles. The average Bonchev–Trinajstić information content (AvgIpc) is 2.90. The Balaban J connectivity index is 1.84. The second-order valence-corrected chi connectivity index (χ2v) is 5.69. The lowest BCUT2D eigenvalue weighted by Gasteiger charge is -2.34. The van der Waals surface area contributed by atoms with Crippen molar-refractivity contribution < 1.29 is 14.7 Å². The van der Waals surface area contributed by atoms with Crippen LogP contribution in [0.4, 0.5) is 5.69 Å². The molecule has 0 radical (unpaired) electrons. The van der Waals surface area contributed by atoms with E-state index in [2.05, 4.69) is 0 Å². The van der Waals surface area contributed by atoms with Crippen LogP contribution in [0.5, 0.6) is 0 Å². The molecule has 0 spiro atoms. The highest BCUT2D eigenvalue weighted by atomic mass is 16.4. The molecule has 1 aromatic carbocycles. The number of carboxylic acid groups (broad SMARTS) is 1. The lowest BCUT2D eigenvalue weighted by atomic mass is 9.78. The summed E-state index contributed by atoms with van der Waals surface area (Å²) in [5.74, 6) is -2.15. The van der Waals surface area contributed by atoms with E-state index in [0.29, 0.717) is 19.4 Å². The van der Waals surface area contributed by atoms with Gasteiger partial charge in [-0.05, 0) is 30.9 Å². The number of fused-ring (bicyclic) bond motifs is 1. The van der Waals surface area contributed by atoms with E-state index in [0.717, 1.165) is 24.9 Å². The number of carboxylic acids is 1. The first-order chi connectivity index (χ1) is 9.68. The van der Waals surface area contributed by atoms with Crippen molar-refractivity contribution in [1.82, 2.24) is 0 Å². The van der Waals surface area contributed by atoms with Gasteiger partial charge in [0.15, 0.2) is 0 Å². The summed E-state index contributed by atoms with van der Waals surface area (Å²) < 4.78 is 0. The number of carbonyl (C=O) groups excluding carboxylic acids is 2. The van der Waals surface area contributed by atoms with Gasteiger partial charge >= 0.3 is 0 Å². The van der Waals surface area contributed by atoms with Gasteiger partial charge in [0.2, 0.25) is 5.91 Å². The zero-order valence-electron chi connectivity index (χ0n) is 11.4. The van der Waals surface area contributed by atoms with Crippen molar-refractivity contribution in [3.8, 4) is 0 Å². The van der Waals surface area contributed by atoms with Crippen molar-refractivity contribution in [1.29, 1.82) is 0 Å². The number of benzene rings is 1. The van der Waals surface area contributed by atoms with E-state index in [1.165, 1.54) is 5.56 Å². The molecule has 0 aromatic heterocycles. The fourth-order valence-corrected chi connectivity index (χ4v) is 3.48. The van der Waals surface area contributed by atoms with Gasteiger partial charge in [-0.2, -0.15) is 0 Å². The first-order valence-electron chi connectivity index (χ1n) is 7.28. The standard InChI is InChI=1S/C16H19NO3/c18-15(12-6-2-3-7-13(12)16(19)20)17-10-9-11-5-1-4-8-14(11)17/h1,4-5,8,12-13H,2-3,6-7,9-10H2,(H,19,20)/p-1/t12-,13-/m1/s1. The fourth-order valence-electron chi connectivity index (χ4n) is 3.48. The molecule has 2 aliphatic rings. The van der Waals surface area contributed by atoms with Gasteiger partial charge in [0.05, 0.1) is 0 Å². The normalized spacial score (nSPS) is 25.3. The van der Waals surface area contributed by atoms with E-state index in [4.69, 9.17) is 0 Å². The number of anilines is 1. The number of amides is 1. The van der Waals surface area contributed by atoms with Crippen LogP contribution in [0.2, 0.25) is 0 Å². The Labute approximate surface area is 118 Å². The van der Waals surface area contributed by atoms with Crippen LogP contribution in [0.3, 0.4) is 0 Å². The Kier molecular flexibility index (Phi) is 3.47. The third-order valence-electron chi connectivity index (χ3n) is 4.54. The van der Waals surface area contributed by atoms with Crippen molar-refractivity contribution in [2.24, 2.45) is 11.8 Å². The molecule has 1 amide bonds. The van der Waals surface area contributed by atoms with E-state index in [1.54, 1.807) is 4.90 Å². The number of aliphatic carboxylic acids is 1. The maximum absolute atomic E-state index is 12.7. The largest absolute Gasteiger partial charge is 0.550 e. The lowest BCUT2D eigenvalue weighted by molar-refractivity contribution is -0.313. The predicted octanol–water partition coefficient (Wildman–Crippen LogP) is 1.13. The maximum atomic E-state index is 12.7. The Bertz CT molecular complexity index is 540. The van der Waals surface area contributed by atoms with E-state index < -0.39 is 17.8 Å². The summed E-state index contributed by atoms with van der Waals surface area (Å²) in [6, 6.07) is 7.86. The Morgan fingerprint density at radius 2 is 1.80 bits per heavy atom. The van der Waals surface area contributed by atoms with Crippen LogP contribution < -0.4 is 10.0 Å². The van der Waals surface area contributed by atoms with Crippen LogP contribution in [-0.2, 0) is 16.0 Å². The molecule has 20 heavy (non-hydrogen) atoms. The molecule has 0 saturated heterocycles. The molecule has 4 heteroatoms. The van der Waals surface area contributed by atoms with E-state index in [1.807, 2.05) is 24.3 Å². The van der Waals surface area contributed by atoms with Crippen molar-refractivity contribution >= 4 is 17.6 Å². The van der Waals surface area contributed by atoms with Crippen LogP contribution in [0.1, 0.15) is 31.2 Å². The molecule has 106 valence electrons. The quantitative estimate of drug-likeness (QED) is 0.811. The molecule has 0 unspecified atom stereocenters. The molecular formula is C16H18NO3-. The smallest absolute Gasteiger partial charge is 0.230 e. The van der Waals surface area contributed by atoms with Crippen LogP contribution in [-0.4, -0.2) is 18.4 Å². The van der Waals surface area contributed by atoms with Crippen LogP contribution in [0.15, 0.2) is 24.3 Å². The monoisotopic (exact) mass is 272 g/mol. The van der Waals surface area contributed by atoms with Crippen LogP contribution in [0.25, 0.3) is 0 Å². The first kappa shape index (κ1) is 13.2. The third kappa shape index (κ3) is 2.19. The molecule has 0 N–H and O–H groups in total. The van der Waals surface area contributed by atoms with Crippen LogP contribution >= 0.6 is 0 Å². The summed E-state index contributed by atoms with van der Waals surface area (Å²) in [5.41, 5.74) is 2.11. The maximum Gasteiger partial charge on any atom is 0.230 e. The molecule has 2 atom stereocenters.